The number of rotatable bonds is 6. The SMILES string of the molecule is O=C(CCc1ccccc1)[C@@H]1CCCN(C(=O)CCC(F)(F)F)C1. The van der Waals surface area contributed by atoms with Crippen LogP contribution in [0.5, 0.6) is 0 Å². The normalized spacial score (nSPS) is 18.5. The first-order chi connectivity index (χ1) is 11.3. The Labute approximate surface area is 139 Å². The smallest absolute Gasteiger partial charge is 0.342 e. The minimum absolute atomic E-state index is 0.0900. The van der Waals surface area contributed by atoms with Crippen molar-refractivity contribution in [3.63, 3.8) is 0 Å². The van der Waals surface area contributed by atoms with Crippen molar-refractivity contribution in [2.45, 2.75) is 44.7 Å². The summed E-state index contributed by atoms with van der Waals surface area (Å²) in [6.45, 7) is 0.698. The van der Waals surface area contributed by atoms with Gasteiger partial charge in [0.25, 0.3) is 0 Å². The average molecular weight is 341 g/mol. The molecule has 0 bridgehead atoms. The van der Waals surface area contributed by atoms with E-state index < -0.39 is 24.9 Å². The first kappa shape index (κ1) is 18.5. The summed E-state index contributed by atoms with van der Waals surface area (Å²) < 4.78 is 36.7. The van der Waals surface area contributed by atoms with E-state index in [-0.39, 0.29) is 18.2 Å². The van der Waals surface area contributed by atoms with Gasteiger partial charge in [0.2, 0.25) is 5.91 Å². The molecular weight excluding hydrogens is 319 g/mol. The van der Waals surface area contributed by atoms with Crippen molar-refractivity contribution in [1.82, 2.24) is 4.90 Å². The van der Waals surface area contributed by atoms with Gasteiger partial charge >= 0.3 is 6.18 Å². The van der Waals surface area contributed by atoms with Crippen LogP contribution in [0, 0.1) is 5.92 Å². The molecular formula is C18H22F3NO2. The topological polar surface area (TPSA) is 37.4 Å². The van der Waals surface area contributed by atoms with Gasteiger partial charge < -0.3 is 4.90 Å². The number of likely N-dealkylation sites (tertiary alicyclic amines) is 1. The highest BCUT2D eigenvalue weighted by molar-refractivity contribution is 5.83. The molecule has 1 atom stereocenters. The summed E-state index contributed by atoms with van der Waals surface area (Å²) in [4.78, 5) is 25.7. The fraction of sp³-hybridized carbons (Fsp3) is 0.556. The van der Waals surface area contributed by atoms with E-state index in [2.05, 4.69) is 0 Å². The van der Waals surface area contributed by atoms with Gasteiger partial charge in [-0.05, 0) is 24.8 Å². The molecule has 1 aromatic rings. The molecule has 1 aliphatic rings. The summed E-state index contributed by atoms with van der Waals surface area (Å²) >= 11 is 0. The molecule has 132 valence electrons. The number of benzene rings is 1. The summed E-state index contributed by atoms with van der Waals surface area (Å²) in [5.41, 5.74) is 1.08. The van der Waals surface area contributed by atoms with Gasteiger partial charge in [0, 0.05) is 31.8 Å². The third-order valence-corrected chi connectivity index (χ3v) is 4.35. The van der Waals surface area contributed by atoms with Gasteiger partial charge in [-0.2, -0.15) is 13.2 Å². The van der Waals surface area contributed by atoms with Gasteiger partial charge in [-0.1, -0.05) is 30.3 Å². The van der Waals surface area contributed by atoms with Gasteiger partial charge in [-0.15, -0.1) is 0 Å². The standard InChI is InChI=1S/C18H22F3NO2/c19-18(20,21)11-10-17(24)22-12-4-7-15(13-22)16(23)9-8-14-5-2-1-3-6-14/h1-3,5-6,15H,4,7-13H2/t15-/m1/s1. The second-order valence-electron chi connectivity index (χ2n) is 6.25. The zero-order valence-electron chi connectivity index (χ0n) is 13.5. The van der Waals surface area contributed by atoms with Gasteiger partial charge in [0.15, 0.2) is 0 Å². The summed E-state index contributed by atoms with van der Waals surface area (Å²) in [5, 5.41) is 0. The van der Waals surface area contributed by atoms with Crippen LogP contribution in [-0.4, -0.2) is 35.9 Å². The maximum absolute atomic E-state index is 12.3. The van der Waals surface area contributed by atoms with E-state index in [1.165, 1.54) is 4.90 Å². The van der Waals surface area contributed by atoms with Crippen molar-refractivity contribution in [3.05, 3.63) is 35.9 Å². The van der Waals surface area contributed by atoms with Crippen LogP contribution in [0.3, 0.4) is 0 Å². The molecule has 0 spiro atoms. The van der Waals surface area contributed by atoms with Crippen LogP contribution in [0.15, 0.2) is 30.3 Å². The molecule has 1 saturated heterocycles. The molecule has 1 aromatic carbocycles. The Balaban J connectivity index is 1.81. The van der Waals surface area contributed by atoms with Crippen LogP contribution in [-0.2, 0) is 16.0 Å². The predicted molar refractivity (Wildman–Crippen MR) is 84.4 cm³/mol. The second kappa shape index (κ2) is 8.31. The Hall–Kier alpha value is -1.85. The molecule has 24 heavy (non-hydrogen) atoms. The molecule has 1 heterocycles. The summed E-state index contributed by atoms with van der Waals surface area (Å²) in [6.07, 6.45) is -3.53. The number of piperidine rings is 1. The molecule has 0 aliphatic carbocycles. The van der Waals surface area contributed by atoms with Gasteiger partial charge in [0.1, 0.15) is 5.78 Å². The number of amides is 1. The molecule has 0 saturated carbocycles. The molecule has 6 heteroatoms. The van der Waals surface area contributed by atoms with Crippen LogP contribution in [0.25, 0.3) is 0 Å². The van der Waals surface area contributed by atoms with Crippen molar-refractivity contribution < 1.29 is 22.8 Å². The highest BCUT2D eigenvalue weighted by Crippen LogP contribution is 2.24. The fourth-order valence-corrected chi connectivity index (χ4v) is 2.99. The van der Waals surface area contributed by atoms with Gasteiger partial charge in [0.05, 0.1) is 6.42 Å². The first-order valence-corrected chi connectivity index (χ1v) is 8.26. The van der Waals surface area contributed by atoms with E-state index in [0.717, 1.165) is 5.56 Å². The van der Waals surface area contributed by atoms with Crippen LogP contribution in [0.1, 0.15) is 37.7 Å². The van der Waals surface area contributed by atoms with Crippen LogP contribution in [0.2, 0.25) is 0 Å². The highest BCUT2D eigenvalue weighted by atomic mass is 19.4. The number of Topliss-reactive ketones (excluding diaryl/α,β-unsaturated/α-hetero) is 1. The number of hydrogen-bond donors (Lipinski definition) is 0. The Morgan fingerprint density at radius 1 is 1.12 bits per heavy atom. The zero-order chi connectivity index (χ0) is 17.6. The molecule has 1 amide bonds. The van der Waals surface area contributed by atoms with E-state index in [9.17, 15) is 22.8 Å². The number of ketones is 1. The third kappa shape index (κ3) is 5.98. The minimum atomic E-state index is -4.32. The Kier molecular flexibility index (Phi) is 6.40. The van der Waals surface area contributed by atoms with E-state index in [0.29, 0.717) is 32.2 Å². The number of alkyl halides is 3. The number of halogens is 3. The van der Waals surface area contributed by atoms with E-state index >= 15 is 0 Å². The van der Waals surface area contributed by atoms with E-state index in [1.807, 2.05) is 30.3 Å². The largest absolute Gasteiger partial charge is 0.389 e. The molecule has 3 nitrogen and oxygen atoms in total. The lowest BCUT2D eigenvalue weighted by molar-refractivity contribution is -0.150. The Morgan fingerprint density at radius 3 is 2.50 bits per heavy atom. The van der Waals surface area contributed by atoms with E-state index in [4.69, 9.17) is 0 Å². The molecule has 0 unspecified atom stereocenters. The van der Waals surface area contributed by atoms with Crippen molar-refractivity contribution in [2.75, 3.05) is 13.1 Å². The van der Waals surface area contributed by atoms with Crippen molar-refractivity contribution in [1.29, 1.82) is 0 Å². The fourth-order valence-electron chi connectivity index (χ4n) is 2.99. The highest BCUT2D eigenvalue weighted by Gasteiger charge is 2.32. The summed E-state index contributed by atoms with van der Waals surface area (Å²) in [6, 6.07) is 9.67. The molecule has 0 radical (unpaired) electrons. The Morgan fingerprint density at radius 2 is 1.83 bits per heavy atom. The number of carbonyl (C=O) groups is 2. The predicted octanol–water partition coefficient (Wildman–Crippen LogP) is 3.77. The van der Waals surface area contributed by atoms with Crippen LogP contribution < -0.4 is 0 Å². The minimum Gasteiger partial charge on any atom is -0.342 e. The quantitative estimate of drug-likeness (QED) is 0.790. The number of hydrogen-bond acceptors (Lipinski definition) is 2. The average Bonchev–Trinajstić information content (AvgIpc) is 2.58. The molecule has 1 aliphatic heterocycles. The summed E-state index contributed by atoms with van der Waals surface area (Å²) in [7, 11) is 0. The summed E-state index contributed by atoms with van der Waals surface area (Å²) in [5.74, 6) is -0.669. The Bertz CT molecular complexity index is 557. The molecule has 0 N–H and O–H groups in total. The number of nitrogens with zero attached hydrogens (tertiary/aromatic N) is 1. The molecule has 1 fully saturated rings. The zero-order valence-corrected chi connectivity index (χ0v) is 13.5. The van der Waals surface area contributed by atoms with Gasteiger partial charge in [-0.3, -0.25) is 9.59 Å². The number of aryl methyl sites for hydroxylation is 1. The van der Waals surface area contributed by atoms with Crippen molar-refractivity contribution >= 4 is 11.7 Å². The third-order valence-electron chi connectivity index (χ3n) is 4.35. The lowest BCUT2D eigenvalue weighted by Gasteiger charge is -2.32. The van der Waals surface area contributed by atoms with Crippen LogP contribution in [0.4, 0.5) is 13.2 Å². The second-order valence-corrected chi connectivity index (χ2v) is 6.25. The maximum Gasteiger partial charge on any atom is 0.389 e. The monoisotopic (exact) mass is 341 g/mol. The van der Waals surface area contributed by atoms with Crippen molar-refractivity contribution in [3.8, 4) is 0 Å². The lowest BCUT2D eigenvalue weighted by atomic mass is 9.90. The first-order valence-electron chi connectivity index (χ1n) is 8.26. The molecule has 2 rings (SSSR count). The van der Waals surface area contributed by atoms with Gasteiger partial charge in [-0.25, -0.2) is 0 Å². The molecule has 0 aromatic heterocycles. The lowest BCUT2D eigenvalue weighted by Crippen LogP contribution is -2.42. The maximum atomic E-state index is 12.3. The van der Waals surface area contributed by atoms with E-state index in [1.54, 1.807) is 0 Å². The van der Waals surface area contributed by atoms with Crippen molar-refractivity contribution in [2.24, 2.45) is 5.92 Å². The number of carbonyl (C=O) groups excluding carboxylic acids is 2. The van der Waals surface area contributed by atoms with Crippen LogP contribution >= 0.6 is 0 Å².